The van der Waals surface area contributed by atoms with E-state index in [9.17, 15) is 9.90 Å². The van der Waals surface area contributed by atoms with E-state index in [0.29, 0.717) is 0 Å². The SMILES string of the molecule is CC1(C)C(=O)NC2=CC=CC(O)C21. The number of aliphatic hydroxyl groups excluding tert-OH is 1. The normalized spacial score (nSPS) is 35.3. The Morgan fingerprint density at radius 1 is 1.54 bits per heavy atom. The molecule has 2 rings (SSSR count). The van der Waals surface area contributed by atoms with Gasteiger partial charge in [0.25, 0.3) is 0 Å². The number of hydrogen-bond donors (Lipinski definition) is 2. The molecule has 1 aliphatic carbocycles. The van der Waals surface area contributed by atoms with Crippen LogP contribution in [0.5, 0.6) is 0 Å². The molecular formula is C10H13NO2. The Balaban J connectivity index is 2.43. The first kappa shape index (κ1) is 8.51. The first-order valence-corrected chi connectivity index (χ1v) is 4.41. The van der Waals surface area contributed by atoms with Gasteiger partial charge in [-0.25, -0.2) is 0 Å². The molecule has 0 saturated carbocycles. The number of amides is 1. The number of aliphatic hydroxyl groups is 1. The van der Waals surface area contributed by atoms with E-state index in [1.54, 1.807) is 12.2 Å². The highest BCUT2D eigenvalue weighted by atomic mass is 16.3. The van der Waals surface area contributed by atoms with Crippen LogP contribution < -0.4 is 5.32 Å². The Labute approximate surface area is 77.1 Å². The molecule has 2 unspecified atom stereocenters. The van der Waals surface area contributed by atoms with Crippen molar-refractivity contribution in [1.29, 1.82) is 0 Å². The Morgan fingerprint density at radius 3 is 2.85 bits per heavy atom. The zero-order valence-corrected chi connectivity index (χ0v) is 7.74. The van der Waals surface area contributed by atoms with E-state index in [1.807, 2.05) is 19.9 Å². The van der Waals surface area contributed by atoms with Crippen LogP contribution in [0.3, 0.4) is 0 Å². The molecule has 2 atom stereocenters. The molecular weight excluding hydrogens is 166 g/mol. The summed E-state index contributed by atoms with van der Waals surface area (Å²) in [5.41, 5.74) is 0.334. The summed E-state index contributed by atoms with van der Waals surface area (Å²) in [6, 6.07) is 0. The van der Waals surface area contributed by atoms with Gasteiger partial charge in [-0.2, -0.15) is 0 Å². The average Bonchev–Trinajstić information content (AvgIpc) is 2.24. The summed E-state index contributed by atoms with van der Waals surface area (Å²) in [7, 11) is 0. The number of hydrogen-bond acceptors (Lipinski definition) is 2. The Kier molecular flexibility index (Phi) is 1.60. The summed E-state index contributed by atoms with van der Waals surface area (Å²) in [6.07, 6.45) is 4.80. The average molecular weight is 179 g/mol. The number of nitrogens with one attached hydrogen (secondary N) is 1. The molecule has 0 aromatic carbocycles. The summed E-state index contributed by atoms with van der Waals surface area (Å²) in [5.74, 6) is -0.114. The quantitative estimate of drug-likeness (QED) is 0.571. The molecule has 70 valence electrons. The summed E-state index contributed by atoms with van der Waals surface area (Å²) >= 11 is 0. The summed E-state index contributed by atoms with van der Waals surface area (Å²) in [6.45, 7) is 3.71. The number of carbonyl (C=O) groups is 1. The molecule has 2 aliphatic rings. The number of allylic oxidation sites excluding steroid dienone is 2. The van der Waals surface area contributed by atoms with Crippen molar-refractivity contribution in [3.63, 3.8) is 0 Å². The second-order valence-electron chi connectivity index (χ2n) is 4.15. The number of rotatable bonds is 0. The van der Waals surface area contributed by atoms with E-state index >= 15 is 0 Å². The molecule has 1 amide bonds. The van der Waals surface area contributed by atoms with Crippen molar-refractivity contribution in [3.05, 3.63) is 23.9 Å². The van der Waals surface area contributed by atoms with Crippen molar-refractivity contribution >= 4 is 5.91 Å². The molecule has 0 aromatic rings. The highest BCUT2D eigenvalue weighted by Crippen LogP contribution is 2.41. The summed E-state index contributed by atoms with van der Waals surface area (Å²) in [5, 5.41) is 12.5. The van der Waals surface area contributed by atoms with Gasteiger partial charge in [0, 0.05) is 11.6 Å². The molecule has 0 aromatic heterocycles. The van der Waals surface area contributed by atoms with Crippen LogP contribution in [0.2, 0.25) is 0 Å². The summed E-state index contributed by atoms with van der Waals surface area (Å²) < 4.78 is 0. The maximum absolute atomic E-state index is 11.5. The van der Waals surface area contributed by atoms with Crippen molar-refractivity contribution < 1.29 is 9.90 Å². The lowest BCUT2D eigenvalue weighted by Gasteiger charge is -2.28. The maximum atomic E-state index is 11.5. The van der Waals surface area contributed by atoms with Gasteiger partial charge in [-0.3, -0.25) is 4.79 Å². The summed E-state index contributed by atoms with van der Waals surface area (Å²) in [4.78, 5) is 11.5. The van der Waals surface area contributed by atoms with Gasteiger partial charge in [0.05, 0.1) is 11.5 Å². The van der Waals surface area contributed by atoms with E-state index in [2.05, 4.69) is 5.32 Å². The number of carbonyl (C=O) groups excluding carboxylic acids is 1. The van der Waals surface area contributed by atoms with Crippen LogP contribution in [-0.4, -0.2) is 17.1 Å². The third-order valence-corrected chi connectivity index (χ3v) is 2.88. The predicted octanol–water partition coefficient (Wildman–Crippen LogP) is 0.573. The van der Waals surface area contributed by atoms with Crippen LogP contribution in [-0.2, 0) is 4.79 Å². The monoisotopic (exact) mass is 179 g/mol. The predicted molar refractivity (Wildman–Crippen MR) is 48.6 cm³/mol. The van der Waals surface area contributed by atoms with Gasteiger partial charge >= 0.3 is 0 Å². The van der Waals surface area contributed by atoms with E-state index in [0.717, 1.165) is 5.70 Å². The van der Waals surface area contributed by atoms with Crippen molar-refractivity contribution in [2.75, 3.05) is 0 Å². The molecule has 3 heteroatoms. The molecule has 3 nitrogen and oxygen atoms in total. The molecule has 0 radical (unpaired) electrons. The Bertz CT molecular complexity index is 315. The molecule has 1 aliphatic heterocycles. The molecule has 0 bridgehead atoms. The van der Waals surface area contributed by atoms with Crippen molar-refractivity contribution in [2.24, 2.45) is 11.3 Å². The fourth-order valence-corrected chi connectivity index (χ4v) is 2.04. The lowest BCUT2D eigenvalue weighted by Crippen LogP contribution is -2.34. The van der Waals surface area contributed by atoms with Gasteiger partial charge < -0.3 is 10.4 Å². The molecule has 1 saturated heterocycles. The third kappa shape index (κ3) is 1.04. The van der Waals surface area contributed by atoms with Crippen LogP contribution >= 0.6 is 0 Å². The van der Waals surface area contributed by atoms with Crippen molar-refractivity contribution in [3.8, 4) is 0 Å². The zero-order chi connectivity index (χ0) is 9.64. The lowest BCUT2D eigenvalue weighted by atomic mass is 9.75. The van der Waals surface area contributed by atoms with Crippen molar-refractivity contribution in [1.82, 2.24) is 5.32 Å². The second-order valence-corrected chi connectivity index (χ2v) is 4.15. The van der Waals surface area contributed by atoms with Crippen molar-refractivity contribution in [2.45, 2.75) is 20.0 Å². The standard InChI is InChI=1S/C10H13NO2/c1-10(2)8-6(11-9(10)13)4-3-5-7(8)12/h3-5,7-8,12H,1-2H3,(H,11,13). The fraction of sp³-hybridized carbons (Fsp3) is 0.500. The second kappa shape index (κ2) is 2.45. The van der Waals surface area contributed by atoms with Crippen LogP contribution in [0, 0.1) is 11.3 Å². The van der Waals surface area contributed by atoms with Crippen LogP contribution in [0.25, 0.3) is 0 Å². The molecule has 2 N–H and O–H groups in total. The van der Waals surface area contributed by atoms with Gasteiger partial charge in [-0.05, 0) is 6.08 Å². The molecule has 13 heavy (non-hydrogen) atoms. The zero-order valence-electron chi connectivity index (χ0n) is 7.74. The largest absolute Gasteiger partial charge is 0.388 e. The van der Waals surface area contributed by atoms with Gasteiger partial charge in [0.2, 0.25) is 5.91 Å². The molecule has 0 spiro atoms. The first-order valence-electron chi connectivity index (χ1n) is 4.41. The van der Waals surface area contributed by atoms with Gasteiger partial charge in [0.15, 0.2) is 0 Å². The Hall–Kier alpha value is -1.09. The van der Waals surface area contributed by atoms with E-state index in [1.165, 1.54) is 0 Å². The van der Waals surface area contributed by atoms with Gasteiger partial charge in [0.1, 0.15) is 0 Å². The fourth-order valence-electron chi connectivity index (χ4n) is 2.04. The molecule has 1 heterocycles. The first-order chi connectivity index (χ1) is 6.03. The highest BCUT2D eigenvalue weighted by Gasteiger charge is 2.48. The van der Waals surface area contributed by atoms with Crippen LogP contribution in [0.4, 0.5) is 0 Å². The van der Waals surface area contributed by atoms with Gasteiger partial charge in [-0.1, -0.05) is 26.0 Å². The minimum Gasteiger partial charge on any atom is -0.388 e. The maximum Gasteiger partial charge on any atom is 0.230 e. The highest BCUT2D eigenvalue weighted by molar-refractivity contribution is 5.88. The minimum atomic E-state index is -0.547. The van der Waals surface area contributed by atoms with Gasteiger partial charge in [-0.15, -0.1) is 0 Å². The van der Waals surface area contributed by atoms with E-state index in [4.69, 9.17) is 0 Å². The smallest absolute Gasteiger partial charge is 0.230 e. The van der Waals surface area contributed by atoms with Crippen LogP contribution in [0.15, 0.2) is 23.9 Å². The molecule has 1 fully saturated rings. The Morgan fingerprint density at radius 2 is 2.23 bits per heavy atom. The third-order valence-electron chi connectivity index (χ3n) is 2.88. The lowest BCUT2D eigenvalue weighted by molar-refractivity contribution is -0.128. The minimum absolute atomic E-state index is 0.00787. The number of fused-ring (bicyclic) bond motifs is 1. The van der Waals surface area contributed by atoms with E-state index < -0.39 is 11.5 Å². The van der Waals surface area contributed by atoms with Crippen LogP contribution in [0.1, 0.15) is 13.8 Å². The topological polar surface area (TPSA) is 49.3 Å². The van der Waals surface area contributed by atoms with E-state index in [-0.39, 0.29) is 11.8 Å².